The van der Waals surface area contributed by atoms with Gasteiger partial charge in [0.1, 0.15) is 5.82 Å². The van der Waals surface area contributed by atoms with Crippen LogP contribution in [0.3, 0.4) is 0 Å². The van der Waals surface area contributed by atoms with E-state index in [1.165, 1.54) is 10.4 Å². The number of rotatable bonds is 5. The van der Waals surface area contributed by atoms with Crippen LogP contribution in [0.2, 0.25) is 0 Å². The highest BCUT2D eigenvalue weighted by atomic mass is 32.2. The zero-order valence-corrected chi connectivity index (χ0v) is 18.0. The van der Waals surface area contributed by atoms with Gasteiger partial charge in [0.05, 0.1) is 29.2 Å². The fourth-order valence-corrected chi connectivity index (χ4v) is 4.92. The van der Waals surface area contributed by atoms with Crippen LogP contribution in [0.15, 0.2) is 41.3 Å². The predicted octanol–water partition coefficient (Wildman–Crippen LogP) is 2.24. The molecule has 0 aliphatic carbocycles. The highest BCUT2D eigenvalue weighted by molar-refractivity contribution is 7.89. The van der Waals surface area contributed by atoms with Gasteiger partial charge < -0.3 is 19.5 Å². The number of fused-ring (bicyclic) bond motifs is 1. The smallest absolute Gasteiger partial charge is 0.254 e. The molecular formula is C21H23FN2O6S. The van der Waals surface area contributed by atoms with E-state index < -0.39 is 27.3 Å². The van der Waals surface area contributed by atoms with Gasteiger partial charge in [-0.3, -0.25) is 4.79 Å². The lowest BCUT2D eigenvalue weighted by molar-refractivity contribution is 0.0730. The number of hydrogen-bond acceptors (Lipinski definition) is 6. The molecule has 2 aliphatic heterocycles. The fraction of sp³-hybridized carbons (Fsp3) is 0.381. The van der Waals surface area contributed by atoms with Crippen LogP contribution in [0.5, 0.6) is 11.5 Å². The van der Waals surface area contributed by atoms with Crippen LogP contribution < -0.4 is 14.8 Å². The van der Waals surface area contributed by atoms with Crippen LogP contribution in [0.25, 0.3) is 0 Å². The van der Waals surface area contributed by atoms with Gasteiger partial charge in [-0.25, -0.2) is 12.8 Å². The summed E-state index contributed by atoms with van der Waals surface area (Å²) in [5, 5.41) is 2.78. The second kappa shape index (κ2) is 8.10. The third-order valence-electron chi connectivity index (χ3n) is 5.31. The van der Waals surface area contributed by atoms with Crippen molar-refractivity contribution in [3.8, 4) is 11.5 Å². The van der Waals surface area contributed by atoms with Crippen molar-refractivity contribution in [2.45, 2.75) is 24.3 Å². The molecule has 8 nitrogen and oxygen atoms in total. The highest BCUT2D eigenvalue weighted by Gasteiger charge is 2.30. The summed E-state index contributed by atoms with van der Waals surface area (Å²) in [6, 6.07) is 8.50. The van der Waals surface area contributed by atoms with Crippen molar-refractivity contribution >= 4 is 15.9 Å². The molecular weight excluding hydrogens is 427 g/mol. The van der Waals surface area contributed by atoms with Crippen LogP contribution in [0, 0.1) is 5.82 Å². The zero-order valence-electron chi connectivity index (χ0n) is 17.2. The predicted molar refractivity (Wildman–Crippen MR) is 109 cm³/mol. The quantitative estimate of drug-likeness (QED) is 0.751. The Morgan fingerprint density at radius 1 is 1.06 bits per heavy atom. The van der Waals surface area contributed by atoms with Gasteiger partial charge in [-0.15, -0.1) is 0 Å². The van der Waals surface area contributed by atoms with Gasteiger partial charge >= 0.3 is 0 Å². The Kier molecular flexibility index (Phi) is 5.63. The summed E-state index contributed by atoms with van der Waals surface area (Å²) in [6.07, 6.45) is 0. The molecule has 1 amide bonds. The Balaban J connectivity index is 1.59. The van der Waals surface area contributed by atoms with E-state index in [2.05, 4.69) is 5.32 Å². The molecule has 1 saturated heterocycles. The summed E-state index contributed by atoms with van der Waals surface area (Å²) in [6.45, 7) is 4.64. The first kappa shape index (κ1) is 21.5. The standard InChI is InChI=1S/C21H23FN2O6S/c1-21(2,14-3-6-18-19(11-14)30-13-29-18)23-20(25)16-12-15(4-5-17(16)22)31(26,27)24-7-9-28-10-8-24/h3-6,11-12H,7-10,13H2,1-2H3,(H,23,25). The number of nitrogens with one attached hydrogen (secondary N) is 1. The third kappa shape index (κ3) is 4.23. The molecule has 4 rings (SSSR count). The Labute approximate surface area is 179 Å². The number of amides is 1. The van der Waals surface area contributed by atoms with Crippen LogP contribution in [-0.4, -0.2) is 51.7 Å². The van der Waals surface area contributed by atoms with Gasteiger partial charge in [0.15, 0.2) is 11.5 Å². The lowest BCUT2D eigenvalue weighted by atomic mass is 9.93. The number of sulfonamides is 1. The number of carbonyl (C=O) groups excluding carboxylic acids is 1. The molecule has 0 unspecified atom stereocenters. The summed E-state index contributed by atoms with van der Waals surface area (Å²) < 4.78 is 57.4. The first-order valence-corrected chi connectivity index (χ1v) is 11.2. The molecule has 2 aliphatic rings. The van der Waals surface area contributed by atoms with Crippen molar-refractivity contribution in [2.75, 3.05) is 33.1 Å². The van der Waals surface area contributed by atoms with E-state index in [0.29, 0.717) is 11.5 Å². The molecule has 31 heavy (non-hydrogen) atoms. The van der Waals surface area contributed by atoms with E-state index in [1.807, 2.05) is 0 Å². The molecule has 0 aromatic heterocycles. The van der Waals surface area contributed by atoms with Crippen LogP contribution in [0.4, 0.5) is 4.39 Å². The molecule has 10 heteroatoms. The molecule has 0 spiro atoms. The second-order valence-electron chi connectivity index (χ2n) is 7.81. The average Bonchev–Trinajstić information content (AvgIpc) is 3.22. The topological polar surface area (TPSA) is 94.2 Å². The molecule has 0 atom stereocenters. The molecule has 1 fully saturated rings. The van der Waals surface area contributed by atoms with Crippen LogP contribution in [0.1, 0.15) is 29.8 Å². The Morgan fingerprint density at radius 3 is 2.52 bits per heavy atom. The maximum Gasteiger partial charge on any atom is 0.254 e. The average molecular weight is 450 g/mol. The Bertz CT molecular complexity index is 1110. The zero-order chi connectivity index (χ0) is 22.2. The number of nitrogens with zero attached hydrogens (tertiary/aromatic N) is 1. The number of benzene rings is 2. The van der Waals surface area contributed by atoms with E-state index in [1.54, 1.807) is 32.0 Å². The molecule has 2 heterocycles. The second-order valence-corrected chi connectivity index (χ2v) is 9.74. The van der Waals surface area contributed by atoms with Crippen LogP contribution in [-0.2, 0) is 20.3 Å². The molecule has 0 saturated carbocycles. The highest BCUT2D eigenvalue weighted by Crippen LogP contribution is 2.35. The van der Waals surface area contributed by atoms with Crippen LogP contribution >= 0.6 is 0 Å². The first-order chi connectivity index (χ1) is 14.7. The van der Waals surface area contributed by atoms with Crippen molar-refractivity contribution in [1.82, 2.24) is 9.62 Å². The number of ether oxygens (including phenoxy) is 3. The SMILES string of the molecule is CC(C)(NC(=O)c1cc(S(=O)(=O)N2CCOCC2)ccc1F)c1ccc2c(c1)OCO2. The van der Waals surface area contributed by atoms with E-state index in [-0.39, 0.29) is 43.6 Å². The van der Waals surface area contributed by atoms with Gasteiger partial charge in [-0.2, -0.15) is 4.31 Å². The normalized spacial score (nSPS) is 16.9. The molecule has 2 aromatic carbocycles. The number of hydrogen-bond donors (Lipinski definition) is 1. The van der Waals surface area contributed by atoms with Gasteiger partial charge in [-0.05, 0) is 49.7 Å². The lowest BCUT2D eigenvalue weighted by Crippen LogP contribution is -2.42. The minimum absolute atomic E-state index is 0.126. The van der Waals surface area contributed by atoms with Gasteiger partial charge in [0.2, 0.25) is 16.8 Å². The van der Waals surface area contributed by atoms with E-state index >= 15 is 0 Å². The van der Waals surface area contributed by atoms with Crippen molar-refractivity contribution in [1.29, 1.82) is 0 Å². The number of carbonyl (C=O) groups is 1. The first-order valence-electron chi connectivity index (χ1n) is 9.78. The van der Waals surface area contributed by atoms with E-state index in [4.69, 9.17) is 14.2 Å². The Hall–Kier alpha value is -2.69. The summed E-state index contributed by atoms with van der Waals surface area (Å²) in [4.78, 5) is 12.8. The largest absolute Gasteiger partial charge is 0.454 e. The van der Waals surface area contributed by atoms with Crippen molar-refractivity contribution < 1.29 is 31.8 Å². The molecule has 1 N–H and O–H groups in total. The minimum atomic E-state index is -3.86. The van der Waals surface area contributed by atoms with E-state index in [9.17, 15) is 17.6 Å². The third-order valence-corrected chi connectivity index (χ3v) is 7.21. The molecule has 166 valence electrons. The van der Waals surface area contributed by atoms with Gasteiger partial charge in [0, 0.05) is 13.1 Å². The number of morpholine rings is 1. The van der Waals surface area contributed by atoms with Crippen molar-refractivity contribution in [2.24, 2.45) is 0 Å². The minimum Gasteiger partial charge on any atom is -0.454 e. The van der Waals surface area contributed by atoms with Crippen molar-refractivity contribution in [3.05, 3.63) is 53.3 Å². The van der Waals surface area contributed by atoms with Crippen molar-refractivity contribution in [3.63, 3.8) is 0 Å². The maximum atomic E-state index is 14.5. The van der Waals surface area contributed by atoms with E-state index in [0.717, 1.165) is 17.7 Å². The summed E-state index contributed by atoms with van der Waals surface area (Å²) >= 11 is 0. The molecule has 0 bridgehead atoms. The molecule has 0 radical (unpaired) electrons. The lowest BCUT2D eigenvalue weighted by Gasteiger charge is -2.28. The maximum absolute atomic E-state index is 14.5. The summed E-state index contributed by atoms with van der Waals surface area (Å²) in [7, 11) is -3.86. The monoisotopic (exact) mass is 450 g/mol. The summed E-state index contributed by atoms with van der Waals surface area (Å²) in [5.41, 5.74) is -0.505. The van der Waals surface area contributed by atoms with Gasteiger partial charge in [-0.1, -0.05) is 6.07 Å². The Morgan fingerprint density at radius 2 is 1.77 bits per heavy atom. The molecule has 2 aromatic rings. The number of halogens is 1. The van der Waals surface area contributed by atoms with Gasteiger partial charge in [0.25, 0.3) is 5.91 Å². The fourth-order valence-electron chi connectivity index (χ4n) is 3.48. The summed E-state index contributed by atoms with van der Waals surface area (Å²) in [5.74, 6) is -0.360.